The predicted octanol–water partition coefficient (Wildman–Crippen LogP) is -1.85. The molecule has 0 aromatic carbocycles. The second kappa shape index (κ2) is 7.01. The fourth-order valence-corrected chi connectivity index (χ4v) is 3.72. The molecule has 2 atom stereocenters. The van der Waals surface area contributed by atoms with Crippen LogP contribution in [-0.2, 0) is 24.0 Å². The molecule has 0 aliphatic carbocycles. The number of carbonyl (C=O) groups is 5. The summed E-state index contributed by atoms with van der Waals surface area (Å²) in [5.41, 5.74) is -0.0632. The van der Waals surface area contributed by atoms with Crippen molar-refractivity contribution < 1.29 is 39.3 Å². The van der Waals surface area contributed by atoms with Crippen molar-refractivity contribution in [3.8, 4) is 0 Å². The van der Waals surface area contributed by atoms with Crippen molar-refractivity contribution in [3.63, 3.8) is 0 Å². The van der Waals surface area contributed by atoms with Crippen molar-refractivity contribution >= 4 is 41.3 Å². The van der Waals surface area contributed by atoms with E-state index in [4.69, 9.17) is 5.11 Å². The number of carboxylic acids is 2. The van der Waals surface area contributed by atoms with E-state index in [1.54, 1.807) is 0 Å². The SMILES string of the molecule is O=C(CCC(=O)C(=O)O)N[C@@H]1C(=O)N2C(C(=O)O)=C(CO)CS[C@H]12. The van der Waals surface area contributed by atoms with E-state index in [1.165, 1.54) is 11.8 Å². The summed E-state index contributed by atoms with van der Waals surface area (Å²) in [6.45, 7) is -0.487. The van der Waals surface area contributed by atoms with E-state index < -0.39 is 54.0 Å². The van der Waals surface area contributed by atoms with Gasteiger partial charge in [0.2, 0.25) is 11.7 Å². The standard InChI is InChI=1S/C13H14N2O8S/c16-3-5-4-24-11-8(10(19)15(11)9(5)13(22)23)14-7(18)2-1-6(17)12(20)21/h8,11,16H,1-4H2,(H,14,18)(H,20,21)(H,22,23)/t8-,11-/m1/s1. The Morgan fingerprint density at radius 2 is 1.88 bits per heavy atom. The first-order valence-corrected chi connectivity index (χ1v) is 7.89. The zero-order valence-electron chi connectivity index (χ0n) is 12.2. The number of nitrogens with zero attached hydrogens (tertiary/aromatic N) is 1. The molecule has 0 radical (unpaired) electrons. The molecule has 0 unspecified atom stereocenters. The van der Waals surface area contributed by atoms with Crippen molar-refractivity contribution in [1.82, 2.24) is 10.2 Å². The van der Waals surface area contributed by atoms with Gasteiger partial charge in [0, 0.05) is 18.6 Å². The Morgan fingerprint density at radius 3 is 2.42 bits per heavy atom. The summed E-state index contributed by atoms with van der Waals surface area (Å²) in [5, 5.41) is 28.6. The molecule has 2 rings (SSSR count). The van der Waals surface area contributed by atoms with Crippen LogP contribution in [0, 0.1) is 0 Å². The van der Waals surface area contributed by atoms with E-state index in [2.05, 4.69) is 5.32 Å². The molecule has 0 aromatic heterocycles. The van der Waals surface area contributed by atoms with Gasteiger partial charge in [0.15, 0.2) is 0 Å². The van der Waals surface area contributed by atoms with Crippen LogP contribution in [0.2, 0.25) is 0 Å². The second-order valence-corrected chi connectivity index (χ2v) is 6.20. The van der Waals surface area contributed by atoms with Gasteiger partial charge < -0.3 is 20.6 Å². The molecule has 0 aromatic rings. The van der Waals surface area contributed by atoms with Gasteiger partial charge in [-0.25, -0.2) is 9.59 Å². The topological polar surface area (TPSA) is 161 Å². The Kier molecular flexibility index (Phi) is 5.24. The summed E-state index contributed by atoms with van der Waals surface area (Å²) < 4.78 is 0. The van der Waals surface area contributed by atoms with E-state index >= 15 is 0 Å². The fraction of sp³-hybridized carbons (Fsp3) is 0.462. The summed E-state index contributed by atoms with van der Waals surface area (Å²) in [4.78, 5) is 57.4. The number of carbonyl (C=O) groups excluding carboxylic acids is 3. The number of fused-ring (bicyclic) bond motifs is 1. The number of hydrogen-bond donors (Lipinski definition) is 4. The smallest absolute Gasteiger partial charge is 0.372 e. The van der Waals surface area contributed by atoms with Gasteiger partial charge in [-0.05, 0) is 5.57 Å². The van der Waals surface area contributed by atoms with E-state index in [1.807, 2.05) is 0 Å². The third kappa shape index (κ3) is 3.26. The molecular weight excluding hydrogens is 344 g/mol. The third-order valence-electron chi connectivity index (χ3n) is 3.57. The summed E-state index contributed by atoms with van der Waals surface area (Å²) >= 11 is 1.20. The molecule has 0 spiro atoms. The summed E-state index contributed by atoms with van der Waals surface area (Å²) in [6.07, 6.45) is -0.867. The highest BCUT2D eigenvalue weighted by Gasteiger charge is 2.54. The third-order valence-corrected chi connectivity index (χ3v) is 4.91. The van der Waals surface area contributed by atoms with E-state index in [0.717, 1.165) is 4.90 Å². The average molecular weight is 358 g/mol. The van der Waals surface area contributed by atoms with Crippen LogP contribution in [0.1, 0.15) is 12.8 Å². The van der Waals surface area contributed by atoms with Crippen LogP contribution in [-0.4, -0.2) is 73.5 Å². The molecule has 24 heavy (non-hydrogen) atoms. The predicted molar refractivity (Wildman–Crippen MR) is 78.6 cm³/mol. The maximum atomic E-state index is 12.1. The van der Waals surface area contributed by atoms with Gasteiger partial charge in [0.25, 0.3) is 5.91 Å². The van der Waals surface area contributed by atoms with Crippen LogP contribution in [0.15, 0.2) is 11.3 Å². The minimum Gasteiger partial charge on any atom is -0.477 e. The van der Waals surface area contributed by atoms with Crippen molar-refractivity contribution in [3.05, 3.63) is 11.3 Å². The summed E-state index contributed by atoms with van der Waals surface area (Å²) in [7, 11) is 0. The van der Waals surface area contributed by atoms with Crippen LogP contribution in [0.3, 0.4) is 0 Å². The number of carboxylic acid groups (broad SMARTS) is 2. The lowest BCUT2D eigenvalue weighted by Crippen LogP contribution is -2.70. The molecule has 10 nitrogen and oxygen atoms in total. The van der Waals surface area contributed by atoms with E-state index in [9.17, 15) is 34.2 Å². The normalized spacial score (nSPS) is 22.5. The van der Waals surface area contributed by atoms with Crippen LogP contribution >= 0.6 is 11.8 Å². The van der Waals surface area contributed by atoms with Crippen molar-refractivity contribution in [2.45, 2.75) is 24.3 Å². The minimum atomic E-state index is -1.63. The molecule has 0 bridgehead atoms. The van der Waals surface area contributed by atoms with Gasteiger partial charge >= 0.3 is 11.9 Å². The fourth-order valence-electron chi connectivity index (χ4n) is 2.38. The van der Waals surface area contributed by atoms with E-state index in [0.29, 0.717) is 0 Å². The molecule has 2 aliphatic rings. The zero-order valence-corrected chi connectivity index (χ0v) is 13.0. The monoisotopic (exact) mass is 358 g/mol. The molecular formula is C13H14N2O8S. The van der Waals surface area contributed by atoms with Crippen LogP contribution in [0.5, 0.6) is 0 Å². The summed E-state index contributed by atoms with van der Waals surface area (Å²) in [6, 6.07) is -0.947. The van der Waals surface area contributed by atoms with Gasteiger partial charge in [-0.15, -0.1) is 11.8 Å². The molecule has 1 saturated heterocycles. The molecule has 0 saturated carbocycles. The Bertz CT molecular complexity index is 658. The van der Waals surface area contributed by atoms with Crippen LogP contribution < -0.4 is 5.32 Å². The van der Waals surface area contributed by atoms with Gasteiger partial charge in [0.05, 0.1) is 6.61 Å². The lowest BCUT2D eigenvalue weighted by Gasteiger charge is -2.49. The lowest BCUT2D eigenvalue weighted by atomic mass is 10.0. The second-order valence-electron chi connectivity index (χ2n) is 5.10. The molecule has 4 N–H and O–H groups in total. The lowest BCUT2D eigenvalue weighted by molar-refractivity contribution is -0.151. The highest BCUT2D eigenvalue weighted by atomic mass is 32.2. The van der Waals surface area contributed by atoms with Gasteiger partial charge in [0.1, 0.15) is 17.1 Å². The first-order valence-electron chi connectivity index (χ1n) is 6.84. The first kappa shape index (κ1) is 17.9. The van der Waals surface area contributed by atoms with Crippen molar-refractivity contribution in [1.29, 1.82) is 0 Å². The van der Waals surface area contributed by atoms with Gasteiger partial charge in [-0.2, -0.15) is 0 Å². The number of thioether (sulfide) groups is 1. The quantitative estimate of drug-likeness (QED) is 0.302. The molecule has 2 amide bonds. The number of aliphatic hydroxyl groups is 1. The highest BCUT2D eigenvalue weighted by Crippen LogP contribution is 2.40. The molecule has 11 heteroatoms. The number of ketones is 1. The molecule has 2 aliphatic heterocycles. The Labute approximate surface area is 139 Å². The van der Waals surface area contributed by atoms with Crippen molar-refractivity contribution in [2.24, 2.45) is 0 Å². The maximum Gasteiger partial charge on any atom is 0.372 e. The number of aliphatic hydroxyl groups excluding tert-OH is 1. The number of amides is 2. The summed E-state index contributed by atoms with van der Waals surface area (Å²) in [5.74, 6) is -5.18. The first-order chi connectivity index (χ1) is 11.3. The van der Waals surface area contributed by atoms with Crippen molar-refractivity contribution in [2.75, 3.05) is 12.4 Å². The Morgan fingerprint density at radius 1 is 1.21 bits per heavy atom. The highest BCUT2D eigenvalue weighted by molar-refractivity contribution is 8.00. The minimum absolute atomic E-state index is 0.205. The number of hydrogen-bond acceptors (Lipinski definition) is 7. The number of Topliss-reactive ketones (excluding diaryl/α,β-unsaturated/α-hetero) is 1. The largest absolute Gasteiger partial charge is 0.477 e. The zero-order chi connectivity index (χ0) is 18.0. The van der Waals surface area contributed by atoms with Crippen LogP contribution in [0.25, 0.3) is 0 Å². The number of β-lactam (4-membered cyclic amide) rings is 1. The molecule has 1 fully saturated rings. The Balaban J connectivity index is 2.00. The average Bonchev–Trinajstić information content (AvgIpc) is 2.55. The van der Waals surface area contributed by atoms with Crippen LogP contribution in [0.4, 0.5) is 0 Å². The molecule has 2 heterocycles. The maximum absolute atomic E-state index is 12.1. The molecule has 130 valence electrons. The van der Waals surface area contributed by atoms with Gasteiger partial charge in [-0.1, -0.05) is 0 Å². The van der Waals surface area contributed by atoms with Gasteiger partial charge in [-0.3, -0.25) is 19.3 Å². The number of nitrogens with one attached hydrogen (secondary N) is 1. The van der Waals surface area contributed by atoms with E-state index in [-0.39, 0.29) is 23.4 Å². The Hall–Kier alpha value is -2.40. The number of rotatable bonds is 7. The number of aliphatic carboxylic acids is 2.